The topological polar surface area (TPSA) is 71.5 Å². The van der Waals surface area contributed by atoms with E-state index in [9.17, 15) is 22.8 Å². The molecule has 1 fully saturated rings. The van der Waals surface area contributed by atoms with Gasteiger partial charge in [-0.25, -0.2) is 4.98 Å². The zero-order valence-corrected chi connectivity index (χ0v) is 15.6. The average molecular weight is 413 g/mol. The quantitative estimate of drug-likeness (QED) is 0.790. The molecule has 0 spiro atoms. The number of nitrogens with one attached hydrogen (secondary N) is 1. The van der Waals surface area contributed by atoms with E-state index in [0.717, 1.165) is 6.42 Å². The SMILES string of the molecule is O=C(NCc1ccnc(OCC(F)(F)F)c1)[C@@H]1CCCN1C(=O)c1cccs1. The fourth-order valence-corrected chi connectivity index (χ4v) is 3.61. The molecule has 2 aromatic rings. The number of ether oxygens (including phenoxy) is 1. The van der Waals surface area contributed by atoms with Gasteiger partial charge in [0.25, 0.3) is 5.91 Å². The first-order valence-corrected chi connectivity index (χ1v) is 9.48. The minimum absolute atomic E-state index is 0.0985. The molecular weight excluding hydrogens is 395 g/mol. The highest BCUT2D eigenvalue weighted by atomic mass is 32.1. The Labute approximate surface area is 163 Å². The second-order valence-electron chi connectivity index (χ2n) is 6.26. The molecule has 0 aliphatic carbocycles. The molecule has 0 radical (unpaired) electrons. The molecule has 28 heavy (non-hydrogen) atoms. The van der Waals surface area contributed by atoms with Gasteiger partial charge < -0.3 is 15.0 Å². The maximum atomic E-state index is 12.5. The van der Waals surface area contributed by atoms with E-state index in [1.807, 2.05) is 0 Å². The lowest BCUT2D eigenvalue weighted by Gasteiger charge is -2.23. The van der Waals surface area contributed by atoms with E-state index in [1.165, 1.54) is 23.6 Å². The van der Waals surface area contributed by atoms with Crippen LogP contribution in [0.3, 0.4) is 0 Å². The van der Waals surface area contributed by atoms with Gasteiger partial charge in [0.15, 0.2) is 6.61 Å². The lowest BCUT2D eigenvalue weighted by Crippen LogP contribution is -2.45. The van der Waals surface area contributed by atoms with E-state index in [2.05, 4.69) is 15.0 Å². The number of carbonyl (C=O) groups is 2. The molecule has 150 valence electrons. The van der Waals surface area contributed by atoms with Crippen LogP contribution < -0.4 is 10.1 Å². The van der Waals surface area contributed by atoms with E-state index < -0.39 is 18.8 Å². The average Bonchev–Trinajstić information content (AvgIpc) is 3.35. The number of aromatic nitrogens is 1. The Hall–Kier alpha value is -2.62. The number of hydrogen-bond donors (Lipinski definition) is 1. The zero-order valence-electron chi connectivity index (χ0n) is 14.7. The molecule has 3 heterocycles. The fourth-order valence-electron chi connectivity index (χ4n) is 2.93. The van der Waals surface area contributed by atoms with Gasteiger partial charge in [0, 0.05) is 25.4 Å². The first-order chi connectivity index (χ1) is 13.3. The molecule has 1 atom stereocenters. The summed E-state index contributed by atoms with van der Waals surface area (Å²) >= 11 is 1.33. The predicted molar refractivity (Wildman–Crippen MR) is 96.0 cm³/mol. The minimum atomic E-state index is -4.45. The Bertz CT molecular complexity index is 827. The summed E-state index contributed by atoms with van der Waals surface area (Å²) in [6.07, 6.45) is -1.83. The van der Waals surface area contributed by atoms with Crippen LogP contribution in [0.4, 0.5) is 13.2 Å². The van der Waals surface area contributed by atoms with Gasteiger partial charge in [0.1, 0.15) is 6.04 Å². The normalized spacial score (nSPS) is 16.8. The lowest BCUT2D eigenvalue weighted by atomic mass is 10.2. The molecule has 1 saturated heterocycles. The van der Waals surface area contributed by atoms with Crippen LogP contribution in [0.5, 0.6) is 5.88 Å². The van der Waals surface area contributed by atoms with Crippen LogP contribution in [0.1, 0.15) is 28.1 Å². The van der Waals surface area contributed by atoms with Crippen molar-refractivity contribution >= 4 is 23.2 Å². The van der Waals surface area contributed by atoms with Gasteiger partial charge in [-0.3, -0.25) is 9.59 Å². The first-order valence-electron chi connectivity index (χ1n) is 8.60. The van der Waals surface area contributed by atoms with E-state index in [4.69, 9.17) is 0 Å². The number of rotatable bonds is 6. The number of likely N-dealkylation sites (tertiary alicyclic amines) is 1. The van der Waals surface area contributed by atoms with Crippen molar-refractivity contribution in [2.75, 3.05) is 13.2 Å². The van der Waals surface area contributed by atoms with Crippen LogP contribution in [-0.2, 0) is 11.3 Å². The molecule has 1 N–H and O–H groups in total. The molecule has 1 aliphatic rings. The van der Waals surface area contributed by atoms with Gasteiger partial charge in [0.2, 0.25) is 11.8 Å². The molecule has 10 heteroatoms. The highest BCUT2D eigenvalue weighted by Gasteiger charge is 2.34. The highest BCUT2D eigenvalue weighted by molar-refractivity contribution is 7.12. The fraction of sp³-hybridized carbons (Fsp3) is 0.389. The molecular formula is C18H18F3N3O3S. The van der Waals surface area contributed by atoms with E-state index in [-0.39, 0.29) is 24.2 Å². The van der Waals surface area contributed by atoms with Crippen molar-refractivity contribution in [1.29, 1.82) is 0 Å². The molecule has 3 rings (SSSR count). The monoisotopic (exact) mass is 413 g/mol. The first kappa shape index (κ1) is 20.1. The summed E-state index contributed by atoms with van der Waals surface area (Å²) in [5, 5.41) is 4.54. The van der Waals surface area contributed by atoms with Gasteiger partial charge in [-0.15, -0.1) is 11.3 Å². The number of carbonyl (C=O) groups excluding carboxylic acids is 2. The summed E-state index contributed by atoms with van der Waals surface area (Å²) in [7, 11) is 0. The standard InChI is InChI=1S/C18H18F3N3O3S/c19-18(20,21)11-27-15-9-12(5-6-22-15)10-23-16(25)13-3-1-7-24(13)17(26)14-4-2-8-28-14/h2,4-6,8-9,13H,1,3,7,10-11H2,(H,23,25)/t13-/m0/s1. The van der Waals surface area contributed by atoms with Crippen molar-refractivity contribution in [1.82, 2.24) is 15.2 Å². The van der Waals surface area contributed by atoms with E-state index >= 15 is 0 Å². The van der Waals surface area contributed by atoms with Crippen LogP contribution >= 0.6 is 11.3 Å². The Morgan fingerprint density at radius 3 is 2.89 bits per heavy atom. The molecule has 0 aromatic carbocycles. The van der Waals surface area contributed by atoms with Crippen LogP contribution in [0.2, 0.25) is 0 Å². The summed E-state index contributed by atoms with van der Waals surface area (Å²) in [5.74, 6) is -0.629. The molecule has 0 saturated carbocycles. The molecule has 6 nitrogen and oxygen atoms in total. The predicted octanol–water partition coefficient (Wildman–Crippen LogP) is 3.01. The molecule has 0 bridgehead atoms. The largest absolute Gasteiger partial charge is 0.468 e. The highest BCUT2D eigenvalue weighted by Crippen LogP contribution is 2.22. The maximum absolute atomic E-state index is 12.5. The molecule has 1 aliphatic heterocycles. The summed E-state index contributed by atoms with van der Waals surface area (Å²) in [6, 6.07) is 5.86. The number of hydrogen-bond acceptors (Lipinski definition) is 5. The molecule has 2 aromatic heterocycles. The number of thiophene rings is 1. The Balaban J connectivity index is 1.57. The third-order valence-electron chi connectivity index (χ3n) is 4.20. The van der Waals surface area contributed by atoms with E-state index in [1.54, 1.807) is 28.5 Å². The maximum Gasteiger partial charge on any atom is 0.422 e. The molecule has 2 amide bonds. The van der Waals surface area contributed by atoms with Crippen LogP contribution in [0, 0.1) is 0 Å². The number of amides is 2. The number of halogens is 3. The molecule has 0 unspecified atom stereocenters. The van der Waals surface area contributed by atoms with Crippen molar-refractivity contribution in [3.63, 3.8) is 0 Å². The van der Waals surface area contributed by atoms with Gasteiger partial charge >= 0.3 is 6.18 Å². The Kier molecular flexibility index (Phi) is 6.18. The number of alkyl halides is 3. The lowest BCUT2D eigenvalue weighted by molar-refractivity contribution is -0.154. The zero-order chi connectivity index (χ0) is 20.1. The van der Waals surface area contributed by atoms with Crippen molar-refractivity contribution in [2.45, 2.75) is 31.6 Å². The van der Waals surface area contributed by atoms with Crippen LogP contribution in [-0.4, -0.2) is 47.1 Å². The Morgan fingerprint density at radius 2 is 2.18 bits per heavy atom. The second kappa shape index (κ2) is 8.59. The van der Waals surface area contributed by atoms with Gasteiger partial charge in [-0.2, -0.15) is 13.2 Å². The minimum Gasteiger partial charge on any atom is -0.468 e. The van der Waals surface area contributed by atoms with Crippen molar-refractivity contribution in [3.05, 3.63) is 46.3 Å². The summed E-state index contributed by atoms with van der Waals surface area (Å²) < 4.78 is 41.3. The summed E-state index contributed by atoms with van der Waals surface area (Å²) in [4.78, 5) is 31.0. The Morgan fingerprint density at radius 1 is 1.36 bits per heavy atom. The number of pyridine rings is 1. The smallest absolute Gasteiger partial charge is 0.422 e. The van der Waals surface area contributed by atoms with Crippen LogP contribution in [0.25, 0.3) is 0 Å². The van der Waals surface area contributed by atoms with E-state index in [0.29, 0.717) is 23.4 Å². The van der Waals surface area contributed by atoms with Crippen molar-refractivity contribution < 1.29 is 27.5 Å². The van der Waals surface area contributed by atoms with Crippen molar-refractivity contribution in [3.8, 4) is 5.88 Å². The third-order valence-corrected chi connectivity index (χ3v) is 5.06. The summed E-state index contributed by atoms with van der Waals surface area (Å²) in [5.41, 5.74) is 0.551. The third kappa shape index (κ3) is 5.22. The van der Waals surface area contributed by atoms with Gasteiger partial charge in [0.05, 0.1) is 4.88 Å². The van der Waals surface area contributed by atoms with Crippen LogP contribution in [0.15, 0.2) is 35.8 Å². The number of nitrogens with zero attached hydrogens (tertiary/aromatic N) is 2. The van der Waals surface area contributed by atoms with Gasteiger partial charge in [-0.1, -0.05) is 6.07 Å². The second-order valence-corrected chi connectivity index (χ2v) is 7.21. The van der Waals surface area contributed by atoms with Gasteiger partial charge in [-0.05, 0) is 35.9 Å². The summed E-state index contributed by atoms with van der Waals surface area (Å²) in [6.45, 7) is -0.821. The van der Waals surface area contributed by atoms with Crippen molar-refractivity contribution in [2.24, 2.45) is 0 Å².